The van der Waals surface area contributed by atoms with E-state index in [1.165, 1.54) is 16.0 Å². The Kier molecular flexibility index (Phi) is 6.18. The van der Waals surface area contributed by atoms with Crippen LogP contribution in [0.4, 0.5) is 0 Å². The molecule has 7 nitrogen and oxygen atoms in total. The van der Waals surface area contributed by atoms with E-state index >= 15 is 0 Å². The van der Waals surface area contributed by atoms with E-state index in [9.17, 15) is 9.59 Å². The normalized spacial score (nSPS) is 15.3. The highest BCUT2D eigenvalue weighted by Gasteiger charge is 2.28. The molecule has 1 fully saturated rings. The zero-order chi connectivity index (χ0) is 20.9. The van der Waals surface area contributed by atoms with E-state index in [4.69, 9.17) is 14.2 Å². The zero-order valence-electron chi connectivity index (χ0n) is 17.1. The van der Waals surface area contributed by atoms with E-state index in [0.717, 1.165) is 30.9 Å². The van der Waals surface area contributed by atoms with Crippen molar-refractivity contribution in [2.24, 2.45) is 0 Å². The smallest absolute Gasteiger partial charge is 0.229 e. The third kappa shape index (κ3) is 4.57. The van der Waals surface area contributed by atoms with Crippen LogP contribution >= 0.6 is 0 Å². The summed E-state index contributed by atoms with van der Waals surface area (Å²) in [4.78, 5) is 24.6. The Morgan fingerprint density at radius 1 is 0.967 bits per heavy atom. The molecule has 2 amide bonds. The maximum atomic E-state index is 11.7. The van der Waals surface area contributed by atoms with Crippen LogP contribution in [0.2, 0.25) is 0 Å². The Hall–Kier alpha value is -3.06. The number of amides is 2. The number of ether oxygens (including phenoxy) is 3. The number of imide groups is 1. The first-order chi connectivity index (χ1) is 14.6. The fourth-order valence-electron chi connectivity index (χ4n) is 3.76. The Morgan fingerprint density at radius 2 is 1.70 bits per heavy atom. The number of likely N-dealkylation sites (tertiary alicyclic amines) is 1. The highest BCUT2D eigenvalue weighted by atomic mass is 16.5. The van der Waals surface area contributed by atoms with Crippen molar-refractivity contribution in [3.05, 3.63) is 53.1 Å². The van der Waals surface area contributed by atoms with Crippen molar-refractivity contribution in [1.82, 2.24) is 10.2 Å². The molecule has 0 radical (unpaired) electrons. The molecule has 0 unspecified atom stereocenters. The number of carbonyl (C=O) groups excluding carboxylic acids is 2. The summed E-state index contributed by atoms with van der Waals surface area (Å²) in [7, 11) is 1.60. The van der Waals surface area contributed by atoms with E-state index in [2.05, 4.69) is 17.4 Å². The molecule has 0 saturated carbocycles. The molecule has 0 spiro atoms. The van der Waals surface area contributed by atoms with Crippen molar-refractivity contribution in [2.75, 3.05) is 26.9 Å². The first-order valence-electron chi connectivity index (χ1n) is 10.2. The third-order valence-electron chi connectivity index (χ3n) is 5.37. The van der Waals surface area contributed by atoms with E-state index < -0.39 is 0 Å². The van der Waals surface area contributed by atoms with Gasteiger partial charge in [-0.25, -0.2) is 0 Å². The molecule has 2 aromatic rings. The molecule has 0 bridgehead atoms. The fraction of sp³-hybridized carbons (Fsp3) is 0.391. The molecule has 2 aromatic carbocycles. The van der Waals surface area contributed by atoms with Crippen LogP contribution in [0.1, 0.15) is 29.5 Å². The van der Waals surface area contributed by atoms with Gasteiger partial charge in [-0.15, -0.1) is 0 Å². The third-order valence-corrected chi connectivity index (χ3v) is 5.37. The minimum Gasteiger partial charge on any atom is -0.493 e. The first kappa shape index (κ1) is 20.2. The highest BCUT2D eigenvalue weighted by molar-refractivity contribution is 6.01. The minimum absolute atomic E-state index is 0.132. The van der Waals surface area contributed by atoms with E-state index in [-0.39, 0.29) is 25.0 Å². The van der Waals surface area contributed by atoms with Gasteiger partial charge in [-0.2, -0.15) is 0 Å². The van der Waals surface area contributed by atoms with Gasteiger partial charge in [0.25, 0.3) is 0 Å². The average Bonchev–Trinajstić information content (AvgIpc) is 3.35. The summed E-state index contributed by atoms with van der Waals surface area (Å²) in [6.07, 6.45) is 1.56. The quantitative estimate of drug-likeness (QED) is 0.640. The van der Waals surface area contributed by atoms with Crippen LogP contribution in [0.3, 0.4) is 0 Å². The molecule has 1 saturated heterocycles. The lowest BCUT2D eigenvalue weighted by Gasteiger charge is -2.16. The van der Waals surface area contributed by atoms with Gasteiger partial charge < -0.3 is 19.5 Å². The van der Waals surface area contributed by atoms with E-state index in [0.29, 0.717) is 30.9 Å². The first-order valence-corrected chi connectivity index (χ1v) is 10.2. The molecule has 2 aliphatic rings. The minimum atomic E-state index is -0.132. The highest BCUT2D eigenvalue weighted by Crippen LogP contribution is 2.29. The summed E-state index contributed by atoms with van der Waals surface area (Å²) in [5.41, 5.74) is 3.58. The predicted molar refractivity (Wildman–Crippen MR) is 111 cm³/mol. The number of hydrogen-bond donors (Lipinski definition) is 1. The Bertz CT molecular complexity index is 927. The van der Waals surface area contributed by atoms with Crippen molar-refractivity contribution >= 4 is 11.8 Å². The van der Waals surface area contributed by atoms with Gasteiger partial charge in [0.15, 0.2) is 11.5 Å². The van der Waals surface area contributed by atoms with Crippen molar-refractivity contribution in [2.45, 2.75) is 32.4 Å². The molecule has 0 aliphatic carbocycles. The molecule has 158 valence electrons. The van der Waals surface area contributed by atoms with Gasteiger partial charge in [0.2, 0.25) is 11.8 Å². The van der Waals surface area contributed by atoms with Crippen molar-refractivity contribution < 1.29 is 23.8 Å². The van der Waals surface area contributed by atoms with Gasteiger partial charge in [0.05, 0.1) is 20.3 Å². The van der Waals surface area contributed by atoms with Crippen molar-refractivity contribution in [1.29, 1.82) is 0 Å². The van der Waals surface area contributed by atoms with Gasteiger partial charge in [-0.1, -0.05) is 18.2 Å². The maximum Gasteiger partial charge on any atom is 0.229 e. The summed E-state index contributed by atoms with van der Waals surface area (Å²) >= 11 is 0. The molecule has 2 heterocycles. The van der Waals surface area contributed by atoms with Crippen LogP contribution in [0.5, 0.6) is 17.2 Å². The van der Waals surface area contributed by atoms with Crippen LogP contribution < -0.4 is 19.5 Å². The second kappa shape index (κ2) is 9.17. The molecule has 30 heavy (non-hydrogen) atoms. The summed E-state index contributed by atoms with van der Waals surface area (Å²) in [6, 6.07) is 12.1. The van der Waals surface area contributed by atoms with E-state index in [1.807, 2.05) is 24.3 Å². The van der Waals surface area contributed by atoms with Gasteiger partial charge in [0, 0.05) is 32.4 Å². The molecule has 2 aliphatic heterocycles. The standard InChI is InChI=1S/C23H26N2O5/c1-28-21-13-17(15-24-14-16-2-4-19-18(12-16)8-10-29-19)3-5-20(21)30-11-9-25-22(26)6-7-23(25)27/h2-5,12-13,24H,6-11,14-15H2,1H3. The van der Waals surface area contributed by atoms with E-state index in [1.54, 1.807) is 7.11 Å². The monoisotopic (exact) mass is 410 g/mol. The Balaban J connectivity index is 1.28. The molecular weight excluding hydrogens is 384 g/mol. The molecule has 7 heteroatoms. The molecular formula is C23H26N2O5. The average molecular weight is 410 g/mol. The maximum absolute atomic E-state index is 11.7. The number of nitrogens with zero attached hydrogens (tertiary/aromatic N) is 1. The number of carbonyl (C=O) groups is 2. The lowest BCUT2D eigenvalue weighted by Crippen LogP contribution is -2.33. The van der Waals surface area contributed by atoms with Gasteiger partial charge in [-0.05, 0) is 34.9 Å². The van der Waals surface area contributed by atoms with Gasteiger partial charge in [0.1, 0.15) is 12.4 Å². The van der Waals surface area contributed by atoms with Crippen molar-refractivity contribution in [3.8, 4) is 17.2 Å². The summed E-state index contributed by atoms with van der Waals surface area (Å²) < 4.78 is 16.8. The Morgan fingerprint density at radius 3 is 2.47 bits per heavy atom. The molecule has 4 rings (SSSR count). The summed E-state index contributed by atoms with van der Waals surface area (Å²) in [6.45, 7) is 2.74. The summed E-state index contributed by atoms with van der Waals surface area (Å²) in [5.74, 6) is 1.96. The van der Waals surface area contributed by atoms with Crippen LogP contribution in [0, 0.1) is 0 Å². The number of methoxy groups -OCH3 is 1. The molecule has 0 atom stereocenters. The second-order valence-corrected chi connectivity index (χ2v) is 7.42. The molecule has 1 N–H and O–H groups in total. The lowest BCUT2D eigenvalue weighted by atomic mass is 10.1. The lowest BCUT2D eigenvalue weighted by molar-refractivity contribution is -0.138. The largest absolute Gasteiger partial charge is 0.493 e. The second-order valence-electron chi connectivity index (χ2n) is 7.42. The number of fused-ring (bicyclic) bond motifs is 1. The Labute approximate surface area is 175 Å². The van der Waals surface area contributed by atoms with Gasteiger partial charge >= 0.3 is 0 Å². The number of rotatable bonds is 9. The van der Waals surface area contributed by atoms with Crippen molar-refractivity contribution in [3.63, 3.8) is 0 Å². The number of hydrogen-bond acceptors (Lipinski definition) is 6. The topological polar surface area (TPSA) is 77.1 Å². The van der Waals surface area contributed by atoms with Crippen LogP contribution in [-0.4, -0.2) is 43.6 Å². The zero-order valence-corrected chi connectivity index (χ0v) is 17.1. The predicted octanol–water partition coefficient (Wildman–Crippen LogP) is 2.45. The molecule has 0 aromatic heterocycles. The van der Waals surface area contributed by atoms with Crippen LogP contribution in [-0.2, 0) is 29.1 Å². The summed E-state index contributed by atoms with van der Waals surface area (Å²) in [5, 5.41) is 3.45. The van der Waals surface area contributed by atoms with Crippen LogP contribution in [0.25, 0.3) is 0 Å². The van der Waals surface area contributed by atoms with Gasteiger partial charge in [-0.3, -0.25) is 14.5 Å². The number of nitrogens with one attached hydrogen (secondary N) is 1. The number of benzene rings is 2. The van der Waals surface area contributed by atoms with Crippen LogP contribution in [0.15, 0.2) is 36.4 Å². The fourth-order valence-corrected chi connectivity index (χ4v) is 3.76. The SMILES string of the molecule is COc1cc(CNCc2ccc3c(c2)CCO3)ccc1OCCN1C(=O)CCC1=O.